The minimum absolute atomic E-state index is 0.137. The summed E-state index contributed by atoms with van der Waals surface area (Å²) in [6.45, 7) is 49.0. The molecule has 3 aliphatic heterocycles. The minimum atomic E-state index is -0.158. The van der Waals surface area contributed by atoms with Crippen LogP contribution in [0.2, 0.25) is 0 Å². The van der Waals surface area contributed by atoms with Crippen LogP contribution in [-0.2, 0) is 71.0 Å². The number of ether oxygens (including phenoxy) is 3. The molecule has 10 rings (SSSR count). The molecule has 94 heavy (non-hydrogen) atoms. The minimum Gasteiger partial charge on any atom is -0.491 e. The second-order valence-electron chi connectivity index (χ2n) is 33.0. The largest absolute Gasteiger partial charge is 0.491 e. The van der Waals surface area contributed by atoms with E-state index in [1.54, 1.807) is 0 Å². The summed E-state index contributed by atoms with van der Waals surface area (Å²) >= 11 is 17.9. The van der Waals surface area contributed by atoms with Gasteiger partial charge in [-0.05, 0) is 169 Å². The molecule has 0 atom stereocenters. The predicted molar refractivity (Wildman–Crippen MR) is 406 cm³/mol. The van der Waals surface area contributed by atoms with Gasteiger partial charge in [-0.2, -0.15) is 0 Å². The fourth-order valence-electron chi connectivity index (χ4n) is 12.9. The van der Waals surface area contributed by atoms with Gasteiger partial charge in [-0.1, -0.05) is 216 Å². The van der Waals surface area contributed by atoms with Gasteiger partial charge in [-0.15, -0.1) is 0 Å². The molecule has 6 N–H and O–H groups in total. The Morgan fingerprint density at radius 3 is 0.638 bits per heavy atom. The van der Waals surface area contributed by atoms with Crippen molar-refractivity contribution < 1.29 is 14.2 Å². The monoisotopic (exact) mass is 1330 g/mol. The number of rotatable bonds is 0. The van der Waals surface area contributed by atoms with E-state index in [9.17, 15) is 0 Å². The predicted octanol–water partition coefficient (Wildman–Crippen LogP) is 15.2. The molecule has 4 aliphatic rings. The van der Waals surface area contributed by atoms with Gasteiger partial charge >= 0.3 is 0 Å². The van der Waals surface area contributed by atoms with Crippen molar-refractivity contribution in [1.29, 1.82) is 0 Å². The summed E-state index contributed by atoms with van der Waals surface area (Å²) < 4.78 is 21.9. The van der Waals surface area contributed by atoms with Gasteiger partial charge in [-0.3, -0.25) is 4.90 Å². The van der Waals surface area contributed by atoms with Gasteiger partial charge in [-0.25, -0.2) is 0 Å². The molecular formula is C81H111N7O3S3. The first-order valence-corrected chi connectivity index (χ1v) is 35.8. The van der Waals surface area contributed by atoms with Crippen LogP contribution >= 0.6 is 36.7 Å². The van der Waals surface area contributed by atoms with Crippen molar-refractivity contribution in [3.63, 3.8) is 0 Å². The number of benzene rings is 6. The van der Waals surface area contributed by atoms with Gasteiger partial charge in [0.25, 0.3) is 0 Å². The number of fused-ring (bicyclic) bond motifs is 21. The van der Waals surface area contributed by atoms with Crippen molar-refractivity contribution in [3.8, 4) is 17.2 Å². The van der Waals surface area contributed by atoms with Crippen LogP contribution in [0.15, 0.2) is 91.0 Å². The van der Waals surface area contributed by atoms with Crippen LogP contribution in [0.3, 0.4) is 0 Å². The molecule has 1 aliphatic carbocycles. The normalized spacial score (nSPS) is 16.9. The molecule has 0 saturated heterocycles. The number of hydrogen-bond acceptors (Lipinski definition) is 7. The highest BCUT2D eigenvalue weighted by atomic mass is 32.1. The Kier molecular flexibility index (Phi) is 22.7. The summed E-state index contributed by atoms with van der Waals surface area (Å²) in [5.41, 5.74) is 21.4. The van der Waals surface area contributed by atoms with E-state index in [0.717, 1.165) is 36.9 Å². The second kappa shape index (κ2) is 29.6. The van der Waals surface area contributed by atoms with E-state index in [-0.39, 0.29) is 32.5 Å². The molecule has 3 heterocycles. The summed E-state index contributed by atoms with van der Waals surface area (Å²) in [5.74, 6) is 2.80. The smallest absolute Gasteiger partial charge is 0.166 e. The third-order valence-electron chi connectivity index (χ3n) is 18.5. The van der Waals surface area contributed by atoms with Crippen molar-refractivity contribution >= 4 is 52.0 Å². The van der Waals surface area contributed by atoms with Crippen LogP contribution in [0.4, 0.5) is 0 Å². The Hall–Kier alpha value is -6.25. The van der Waals surface area contributed by atoms with E-state index in [2.05, 4.69) is 252 Å². The van der Waals surface area contributed by atoms with Crippen molar-refractivity contribution in [1.82, 2.24) is 36.8 Å². The lowest BCUT2D eigenvalue weighted by Gasteiger charge is -2.27. The fraction of sp³-hybridized carbons (Fsp3) is 0.519. The van der Waals surface area contributed by atoms with E-state index in [4.69, 9.17) is 50.9 Å². The molecule has 0 aromatic heterocycles. The Bertz CT molecular complexity index is 3200. The molecule has 6 aromatic carbocycles. The fourth-order valence-corrected chi connectivity index (χ4v) is 13.5. The molecule has 0 radical (unpaired) electrons. The lowest BCUT2D eigenvalue weighted by Crippen LogP contribution is -2.47. The molecule has 0 amide bonds. The van der Waals surface area contributed by atoms with E-state index in [0.29, 0.717) is 113 Å². The molecular weight excluding hydrogens is 1220 g/mol. The molecule has 6 aromatic rings. The van der Waals surface area contributed by atoms with Gasteiger partial charge in [0.2, 0.25) is 0 Å². The van der Waals surface area contributed by atoms with Gasteiger partial charge in [0.05, 0.1) is 19.6 Å². The zero-order chi connectivity index (χ0) is 68.1. The van der Waals surface area contributed by atoms with Crippen molar-refractivity contribution in [2.45, 2.75) is 196 Å². The third kappa shape index (κ3) is 19.7. The molecule has 0 saturated carbocycles. The number of thiocarbonyl (C=S) groups is 3. The molecule has 10 nitrogen and oxygen atoms in total. The van der Waals surface area contributed by atoms with Crippen LogP contribution in [0.1, 0.15) is 225 Å². The maximum absolute atomic E-state index is 7.31. The van der Waals surface area contributed by atoms with Crippen LogP contribution in [0.25, 0.3) is 0 Å². The zero-order valence-corrected chi connectivity index (χ0v) is 62.7. The van der Waals surface area contributed by atoms with Crippen LogP contribution in [-0.4, -0.2) is 99.0 Å². The topological polar surface area (TPSA) is 103 Å². The van der Waals surface area contributed by atoms with Gasteiger partial charge < -0.3 is 46.1 Å². The Morgan fingerprint density at radius 2 is 0.447 bits per heavy atom. The van der Waals surface area contributed by atoms with Gasteiger partial charge in [0.1, 0.15) is 37.1 Å². The summed E-state index contributed by atoms with van der Waals surface area (Å²) in [6, 6.07) is 36.7. The van der Waals surface area contributed by atoms with Crippen molar-refractivity contribution in [2.24, 2.45) is 0 Å². The lowest BCUT2D eigenvalue weighted by molar-refractivity contribution is 0.284. The summed E-state index contributed by atoms with van der Waals surface area (Å²) in [5, 5.41) is 22.8. The average molecular weight is 1330 g/mol. The molecule has 13 heteroatoms. The van der Waals surface area contributed by atoms with E-state index in [1.165, 1.54) is 100 Å². The van der Waals surface area contributed by atoms with Crippen LogP contribution < -0.4 is 46.1 Å². The zero-order valence-electron chi connectivity index (χ0n) is 60.3. The highest BCUT2D eigenvalue weighted by Crippen LogP contribution is 2.42. The SMILES string of the molecule is CC(C)(C)c1cc2cc(c1)Cc1cc(C(C)(C)C)cc3c1OCCNC(=S)NCCN1CCNC(=S)NCCOc4c(cc(C(C)(C)C)cc4Cc4cc(cc(C(C)(C)C)c4)Cc4cc(C(C)(C)C)cc(c4OCCNC(=S)NCC1)Cc1cc(cc(C(C)(C)C)c1)C3)C2. The first-order chi connectivity index (χ1) is 44.0. The first kappa shape index (κ1) is 72.0. The number of hydrogen-bond donors (Lipinski definition) is 6. The lowest BCUT2D eigenvalue weighted by atomic mass is 9.79. The second-order valence-corrected chi connectivity index (χ2v) is 34.2. The maximum atomic E-state index is 7.31. The van der Waals surface area contributed by atoms with Crippen molar-refractivity contribution in [3.05, 3.63) is 191 Å². The molecule has 0 fully saturated rings. The summed E-state index contributed by atoms with van der Waals surface area (Å²) in [7, 11) is 0. The highest BCUT2D eigenvalue weighted by molar-refractivity contribution is 7.80. The summed E-state index contributed by atoms with van der Waals surface area (Å²) in [6.07, 6.45) is 4.05. The van der Waals surface area contributed by atoms with E-state index < -0.39 is 0 Å². The average Bonchev–Trinajstić information content (AvgIpc) is 0.791. The third-order valence-corrected chi connectivity index (χ3v) is 19.4. The maximum Gasteiger partial charge on any atom is 0.166 e. The van der Waals surface area contributed by atoms with Crippen LogP contribution in [0, 0.1) is 0 Å². The number of nitrogens with zero attached hydrogens (tertiary/aromatic N) is 1. The Balaban J connectivity index is 1.38. The highest BCUT2D eigenvalue weighted by Gasteiger charge is 2.29. The van der Waals surface area contributed by atoms with Gasteiger partial charge in [0, 0.05) is 77.8 Å². The molecule has 16 bridgehead atoms. The Morgan fingerprint density at radius 1 is 0.266 bits per heavy atom. The first-order valence-electron chi connectivity index (χ1n) is 34.6. The Labute approximate surface area is 582 Å². The standard InChI is InChI=1S/C81H111N7O3S3/c1-76(2,3)64-40-52-31-53(41-64)35-59-47-68(80(13,14)15)49-61-37-55-33-57(45-66(43-55)78(7,8)9)39-63-51-69(81(16,17)18)50-62-38-56-32-54(42-65(44-56)77(4,5)6)36-60-48-67(79(10,11)12)46-58(34-52)70(60)89-28-22-85-73(92)82-19-25-88(26-20-83-74(93)86-23-29-90-71(59)61)27-21-84-75(94)87-24-30-91-72(62)63/h31-33,40-51H,19-30,34-39H2,1-18H3,(H2,82,85,92)(H2,83,86,93)(H2,84,87,94). The molecule has 506 valence electrons. The van der Waals surface area contributed by atoms with E-state index >= 15 is 0 Å². The number of nitrogens with one attached hydrogen (secondary N) is 6. The summed E-state index contributed by atoms with van der Waals surface area (Å²) in [4.78, 5) is 2.40. The molecule has 0 unspecified atom stereocenters. The van der Waals surface area contributed by atoms with Crippen molar-refractivity contribution in [2.75, 3.05) is 78.7 Å². The molecule has 0 spiro atoms. The van der Waals surface area contributed by atoms with Crippen LogP contribution in [0.5, 0.6) is 17.2 Å². The van der Waals surface area contributed by atoms with Gasteiger partial charge in [0.15, 0.2) is 15.3 Å². The quantitative estimate of drug-likeness (QED) is 0.0814. The van der Waals surface area contributed by atoms with E-state index in [1.807, 2.05) is 0 Å².